The predicted molar refractivity (Wildman–Crippen MR) is 64.5 cm³/mol. The molecule has 1 N–H and O–H groups in total. The summed E-state index contributed by atoms with van der Waals surface area (Å²) in [6.45, 7) is 2.84. The van der Waals surface area contributed by atoms with Gasteiger partial charge in [0.2, 0.25) is 0 Å². The van der Waals surface area contributed by atoms with Crippen LogP contribution in [0.5, 0.6) is 5.75 Å². The van der Waals surface area contributed by atoms with Crippen molar-refractivity contribution in [3.05, 3.63) is 29.3 Å². The molecule has 0 aromatic heterocycles. The van der Waals surface area contributed by atoms with Crippen molar-refractivity contribution in [2.45, 2.75) is 19.4 Å². The van der Waals surface area contributed by atoms with Crippen LogP contribution in [0.3, 0.4) is 0 Å². The second kappa shape index (κ2) is 5.19. The fraction of sp³-hybridized carbons (Fsp3) is 0.462. The number of carbonyl (C=O) groups is 1. The number of likely N-dealkylation sites (tertiary alicyclic amines) is 1. The number of ether oxygens (including phenoxy) is 1. The van der Waals surface area contributed by atoms with E-state index in [-0.39, 0.29) is 0 Å². The van der Waals surface area contributed by atoms with Gasteiger partial charge in [-0.3, -0.25) is 4.90 Å². The lowest BCUT2D eigenvalue weighted by molar-refractivity contribution is 0.0694. The lowest BCUT2D eigenvalue weighted by atomic mass is 10.1. The molecule has 0 spiro atoms. The Balaban J connectivity index is 2.22. The van der Waals surface area contributed by atoms with Crippen molar-refractivity contribution >= 4 is 5.97 Å². The third-order valence-electron chi connectivity index (χ3n) is 3.14. The largest absolute Gasteiger partial charge is 0.497 e. The smallest absolute Gasteiger partial charge is 0.336 e. The van der Waals surface area contributed by atoms with Crippen LogP contribution in [-0.4, -0.2) is 36.2 Å². The van der Waals surface area contributed by atoms with Crippen molar-refractivity contribution in [2.24, 2.45) is 0 Å². The Labute approximate surface area is 101 Å². The molecule has 0 bridgehead atoms. The highest BCUT2D eigenvalue weighted by Crippen LogP contribution is 2.21. The Morgan fingerprint density at radius 1 is 1.41 bits per heavy atom. The molecule has 1 heterocycles. The van der Waals surface area contributed by atoms with Crippen LogP contribution in [0.2, 0.25) is 0 Å². The quantitative estimate of drug-likeness (QED) is 0.867. The van der Waals surface area contributed by atoms with Gasteiger partial charge in [0, 0.05) is 6.54 Å². The number of aromatic carboxylic acids is 1. The van der Waals surface area contributed by atoms with Gasteiger partial charge >= 0.3 is 5.97 Å². The second-order valence-corrected chi connectivity index (χ2v) is 4.31. The second-order valence-electron chi connectivity index (χ2n) is 4.31. The molecule has 0 saturated carbocycles. The summed E-state index contributed by atoms with van der Waals surface area (Å²) in [6, 6.07) is 5.26. The SMILES string of the molecule is COc1ccc(CN2CCCC2)c(C(=O)O)c1. The third kappa shape index (κ3) is 2.77. The molecular weight excluding hydrogens is 218 g/mol. The molecule has 1 saturated heterocycles. The number of hydrogen-bond donors (Lipinski definition) is 1. The minimum Gasteiger partial charge on any atom is -0.497 e. The van der Waals surface area contributed by atoms with Gasteiger partial charge in [-0.15, -0.1) is 0 Å². The van der Waals surface area contributed by atoms with E-state index in [0.29, 0.717) is 17.9 Å². The first-order chi connectivity index (χ1) is 8.20. The van der Waals surface area contributed by atoms with Gasteiger partial charge in [-0.05, 0) is 43.6 Å². The van der Waals surface area contributed by atoms with E-state index in [2.05, 4.69) is 4.90 Å². The van der Waals surface area contributed by atoms with E-state index in [4.69, 9.17) is 4.74 Å². The predicted octanol–water partition coefficient (Wildman–Crippen LogP) is 1.99. The van der Waals surface area contributed by atoms with Crippen LogP contribution in [0.4, 0.5) is 0 Å². The molecule has 1 aromatic rings. The lowest BCUT2D eigenvalue weighted by Crippen LogP contribution is -2.20. The molecule has 0 unspecified atom stereocenters. The molecule has 1 aromatic carbocycles. The van der Waals surface area contributed by atoms with E-state index in [0.717, 1.165) is 18.7 Å². The Hall–Kier alpha value is -1.55. The van der Waals surface area contributed by atoms with Crippen LogP contribution < -0.4 is 4.74 Å². The highest BCUT2D eigenvalue weighted by molar-refractivity contribution is 5.89. The molecule has 1 aliphatic rings. The normalized spacial score (nSPS) is 16.1. The highest BCUT2D eigenvalue weighted by Gasteiger charge is 2.17. The summed E-state index contributed by atoms with van der Waals surface area (Å²) < 4.78 is 5.05. The summed E-state index contributed by atoms with van der Waals surface area (Å²) in [7, 11) is 1.54. The third-order valence-corrected chi connectivity index (χ3v) is 3.14. The maximum Gasteiger partial charge on any atom is 0.336 e. The molecule has 0 atom stereocenters. The fourth-order valence-electron chi connectivity index (χ4n) is 2.20. The van der Waals surface area contributed by atoms with Gasteiger partial charge in [0.05, 0.1) is 12.7 Å². The first-order valence-corrected chi connectivity index (χ1v) is 5.83. The Morgan fingerprint density at radius 2 is 2.12 bits per heavy atom. The molecule has 0 aliphatic carbocycles. The van der Waals surface area contributed by atoms with Crippen molar-refractivity contribution in [3.63, 3.8) is 0 Å². The topological polar surface area (TPSA) is 49.8 Å². The monoisotopic (exact) mass is 235 g/mol. The standard InChI is InChI=1S/C13H17NO3/c1-17-11-5-4-10(12(8-11)13(15)16)9-14-6-2-3-7-14/h4-5,8H,2-3,6-7,9H2,1H3,(H,15,16). The van der Waals surface area contributed by atoms with Gasteiger partial charge in [0.1, 0.15) is 5.75 Å². The minimum atomic E-state index is -0.891. The van der Waals surface area contributed by atoms with Gasteiger partial charge in [0.25, 0.3) is 0 Å². The van der Waals surface area contributed by atoms with Gasteiger partial charge in [-0.1, -0.05) is 6.07 Å². The Kier molecular flexibility index (Phi) is 3.64. The van der Waals surface area contributed by atoms with E-state index < -0.39 is 5.97 Å². The number of nitrogens with zero attached hydrogens (tertiary/aromatic N) is 1. The minimum absolute atomic E-state index is 0.344. The first kappa shape index (κ1) is 11.9. The van der Waals surface area contributed by atoms with E-state index in [1.54, 1.807) is 13.2 Å². The van der Waals surface area contributed by atoms with Crippen LogP contribution >= 0.6 is 0 Å². The molecule has 17 heavy (non-hydrogen) atoms. The van der Waals surface area contributed by atoms with Crippen LogP contribution in [0, 0.1) is 0 Å². The molecule has 0 radical (unpaired) electrons. The van der Waals surface area contributed by atoms with Crippen LogP contribution in [0.15, 0.2) is 18.2 Å². The van der Waals surface area contributed by atoms with E-state index in [1.165, 1.54) is 12.8 Å². The zero-order valence-electron chi connectivity index (χ0n) is 9.98. The van der Waals surface area contributed by atoms with Crippen molar-refractivity contribution in [1.29, 1.82) is 0 Å². The highest BCUT2D eigenvalue weighted by atomic mass is 16.5. The summed E-state index contributed by atoms with van der Waals surface area (Å²) in [5.41, 5.74) is 1.21. The van der Waals surface area contributed by atoms with Gasteiger partial charge in [-0.2, -0.15) is 0 Å². The average molecular weight is 235 g/mol. The molecule has 1 fully saturated rings. The number of hydrogen-bond acceptors (Lipinski definition) is 3. The first-order valence-electron chi connectivity index (χ1n) is 5.83. The van der Waals surface area contributed by atoms with Crippen molar-refractivity contribution in [1.82, 2.24) is 4.90 Å². The van der Waals surface area contributed by atoms with Crippen molar-refractivity contribution in [2.75, 3.05) is 20.2 Å². The lowest BCUT2D eigenvalue weighted by Gasteiger charge is -2.16. The van der Waals surface area contributed by atoms with Crippen molar-refractivity contribution < 1.29 is 14.6 Å². The van der Waals surface area contributed by atoms with Crippen molar-refractivity contribution in [3.8, 4) is 5.75 Å². The number of benzene rings is 1. The van der Waals surface area contributed by atoms with Crippen LogP contribution in [-0.2, 0) is 6.54 Å². The summed E-state index contributed by atoms with van der Waals surface area (Å²) in [4.78, 5) is 13.5. The van der Waals surface area contributed by atoms with Gasteiger partial charge in [-0.25, -0.2) is 4.79 Å². The molecule has 4 nitrogen and oxygen atoms in total. The average Bonchev–Trinajstić information content (AvgIpc) is 2.82. The number of rotatable bonds is 4. The van der Waals surface area contributed by atoms with E-state index >= 15 is 0 Å². The summed E-state index contributed by atoms with van der Waals surface area (Å²) in [5, 5.41) is 9.19. The molecule has 2 rings (SSSR count). The summed E-state index contributed by atoms with van der Waals surface area (Å²) in [6.07, 6.45) is 2.41. The Morgan fingerprint density at radius 3 is 2.71 bits per heavy atom. The number of methoxy groups -OCH3 is 1. The van der Waals surface area contributed by atoms with Crippen LogP contribution in [0.25, 0.3) is 0 Å². The number of carboxylic acid groups (broad SMARTS) is 1. The fourth-order valence-corrected chi connectivity index (χ4v) is 2.20. The zero-order valence-corrected chi connectivity index (χ0v) is 9.98. The van der Waals surface area contributed by atoms with E-state index in [9.17, 15) is 9.90 Å². The summed E-state index contributed by atoms with van der Waals surface area (Å²) >= 11 is 0. The molecular formula is C13H17NO3. The Bertz CT molecular complexity index is 411. The maximum atomic E-state index is 11.2. The number of carboxylic acids is 1. The zero-order chi connectivity index (χ0) is 12.3. The summed E-state index contributed by atoms with van der Waals surface area (Å²) in [5.74, 6) is -0.300. The maximum absolute atomic E-state index is 11.2. The van der Waals surface area contributed by atoms with Crippen LogP contribution in [0.1, 0.15) is 28.8 Å². The van der Waals surface area contributed by atoms with Gasteiger partial charge < -0.3 is 9.84 Å². The molecule has 1 aliphatic heterocycles. The van der Waals surface area contributed by atoms with Gasteiger partial charge in [0.15, 0.2) is 0 Å². The molecule has 92 valence electrons. The molecule has 0 amide bonds. The molecule has 4 heteroatoms. The van der Waals surface area contributed by atoms with E-state index in [1.807, 2.05) is 12.1 Å².